The van der Waals surface area contributed by atoms with Crippen LogP contribution in [0.1, 0.15) is 41.5 Å². The van der Waals surface area contributed by atoms with E-state index in [0.29, 0.717) is 52.7 Å². The molecular formula is C134H103N15Si. The Morgan fingerprint density at radius 3 is 0.667 bits per heavy atom. The predicted octanol–water partition coefficient (Wildman–Crippen LogP) is 34.1. The molecule has 0 saturated carbocycles. The van der Waals surface area contributed by atoms with Gasteiger partial charge in [-0.3, -0.25) is 9.13 Å². The highest BCUT2D eigenvalue weighted by molar-refractivity contribution is 6.76. The maximum absolute atomic E-state index is 5.08. The average molecular weight is 1950 g/mol. The number of fused-ring (bicyclic) bond motifs is 18. The zero-order valence-corrected chi connectivity index (χ0v) is 85.6. The molecule has 16 heteroatoms. The Hall–Kier alpha value is -18.8. The number of aromatic nitrogens is 15. The Morgan fingerprint density at radius 2 is 0.360 bits per heavy atom. The van der Waals surface area contributed by atoms with E-state index >= 15 is 0 Å². The Labute approximate surface area is 868 Å². The van der Waals surface area contributed by atoms with Gasteiger partial charge in [0.25, 0.3) is 0 Å². The van der Waals surface area contributed by atoms with Crippen molar-refractivity contribution in [3.8, 4) is 131 Å². The third kappa shape index (κ3) is 16.3. The Balaban J connectivity index is 0.000000114. The molecule has 9 heterocycles. The number of para-hydroxylation sites is 6. The van der Waals surface area contributed by atoms with E-state index in [9.17, 15) is 0 Å². The molecule has 0 amide bonds. The fraction of sp³-hybridized carbons (Fsp3) is 0.0821. The molecule has 0 spiro atoms. The summed E-state index contributed by atoms with van der Waals surface area (Å²) in [5, 5.41) is 14.8. The van der Waals surface area contributed by atoms with Crippen LogP contribution in [0.3, 0.4) is 0 Å². The summed E-state index contributed by atoms with van der Waals surface area (Å²) in [5.74, 6) is 5.71. The SMILES string of the molecule is CC(C)(C)n1c2ccccc2c2cc(-c3ccc4c(c3)c3ccccc3n4-c3cccc(-c4nc(-c5ccccc5)nc(-c5ccccc5)n4)c3)ccc21.CC(C)(C)n1c2ccccc2c2cc(-c3ccc4c(c3)c3ccccc3n4-c3nc(-c4ccccc4)nc(-c4ccccc4)n3)ccc21.C[Si](C)(C)n1c2ccccc2c2cc(-c3ccc4c(c3)c3ccccc3n4-c3nc(-c4ccccc4)nc(-c4ccccc4)n3)ccc21. The van der Waals surface area contributed by atoms with Crippen molar-refractivity contribution in [3.63, 3.8) is 0 Å². The maximum atomic E-state index is 5.08. The van der Waals surface area contributed by atoms with Crippen LogP contribution in [-0.4, -0.2) is 80.2 Å². The second kappa shape index (κ2) is 36.8. The molecule has 0 fully saturated rings. The van der Waals surface area contributed by atoms with E-state index in [2.05, 4.69) is 367 Å². The van der Waals surface area contributed by atoms with Crippen molar-refractivity contribution >= 4 is 139 Å². The van der Waals surface area contributed by atoms with Crippen molar-refractivity contribution in [1.82, 2.24) is 71.9 Å². The fourth-order valence-corrected chi connectivity index (χ4v) is 24.1. The Bertz CT molecular complexity index is 9600. The lowest BCUT2D eigenvalue weighted by atomic mass is 10.0. The van der Waals surface area contributed by atoms with E-state index in [0.717, 1.165) is 99.3 Å². The second-order valence-corrected chi connectivity index (χ2v) is 46.4. The summed E-state index contributed by atoms with van der Waals surface area (Å²) in [6.07, 6.45) is 0. The van der Waals surface area contributed by atoms with Gasteiger partial charge in [-0.05, 0) is 196 Å². The van der Waals surface area contributed by atoms with Gasteiger partial charge in [0.05, 0.1) is 33.1 Å². The van der Waals surface area contributed by atoms with Gasteiger partial charge in [-0.2, -0.15) is 19.9 Å². The summed E-state index contributed by atoms with van der Waals surface area (Å²) < 4.78 is 14.2. The summed E-state index contributed by atoms with van der Waals surface area (Å²) in [5.41, 5.74) is 28.9. The molecule has 0 N–H and O–H groups in total. The zero-order valence-electron chi connectivity index (χ0n) is 84.6. The summed E-state index contributed by atoms with van der Waals surface area (Å²) in [6.45, 7) is 20.9. The molecule has 15 nitrogen and oxygen atoms in total. The number of rotatable bonds is 14. The molecule has 0 aliphatic rings. The van der Waals surface area contributed by atoms with Gasteiger partial charge in [-0.15, -0.1) is 0 Å². The van der Waals surface area contributed by atoms with Crippen LogP contribution in [0.25, 0.3) is 262 Å². The van der Waals surface area contributed by atoms with Gasteiger partial charge in [0.1, 0.15) is 0 Å². The number of nitrogens with zero attached hydrogens (tertiary/aromatic N) is 15. The lowest BCUT2D eigenvalue weighted by molar-refractivity contribution is 0.423. The van der Waals surface area contributed by atoms with Gasteiger partial charge < -0.3 is 17.9 Å². The van der Waals surface area contributed by atoms with Crippen LogP contribution >= 0.6 is 0 Å². The monoisotopic (exact) mass is 1950 g/mol. The fourth-order valence-electron chi connectivity index (χ4n) is 22.3. The first kappa shape index (κ1) is 91.2. The van der Waals surface area contributed by atoms with E-state index in [-0.39, 0.29) is 11.1 Å². The lowest BCUT2D eigenvalue weighted by Gasteiger charge is -2.24. The van der Waals surface area contributed by atoms with Crippen LogP contribution in [0.5, 0.6) is 0 Å². The largest absolute Gasteiger partial charge is 0.368 e. The molecule has 28 aromatic rings. The number of hydrogen-bond acceptors (Lipinski definition) is 9. The van der Waals surface area contributed by atoms with E-state index in [1.807, 2.05) is 182 Å². The molecule has 718 valence electrons. The molecule has 0 atom stereocenters. The van der Waals surface area contributed by atoms with Crippen molar-refractivity contribution in [1.29, 1.82) is 0 Å². The molecule has 0 aliphatic carbocycles. The Kier molecular flexibility index (Phi) is 22.3. The van der Waals surface area contributed by atoms with E-state index < -0.39 is 8.24 Å². The van der Waals surface area contributed by atoms with Crippen molar-refractivity contribution in [3.05, 3.63) is 461 Å². The van der Waals surface area contributed by atoms with Gasteiger partial charge in [0.15, 0.2) is 49.0 Å². The first-order valence-electron chi connectivity index (χ1n) is 51.2. The summed E-state index contributed by atoms with van der Waals surface area (Å²) in [6, 6.07) is 163. The highest BCUT2D eigenvalue weighted by Crippen LogP contribution is 2.46. The van der Waals surface area contributed by atoms with Gasteiger partial charge in [-0.25, -0.2) is 24.9 Å². The minimum absolute atomic E-state index is 0.0423. The van der Waals surface area contributed by atoms with Crippen LogP contribution in [0.4, 0.5) is 0 Å². The van der Waals surface area contributed by atoms with Crippen LogP contribution in [0.2, 0.25) is 19.6 Å². The highest BCUT2D eigenvalue weighted by Gasteiger charge is 2.29. The van der Waals surface area contributed by atoms with Crippen molar-refractivity contribution in [2.45, 2.75) is 72.3 Å². The van der Waals surface area contributed by atoms with E-state index in [1.54, 1.807) is 0 Å². The molecule has 28 rings (SSSR count). The number of hydrogen-bond donors (Lipinski definition) is 0. The van der Waals surface area contributed by atoms with Gasteiger partial charge in [0, 0.05) is 153 Å². The standard InChI is InChI=1S/C49H37N5.C43H33N5.C42H33N5Si/c1-49(2,3)54-44-24-13-11-22-39(44)41-31-35(26-28-45(41)54)34-25-27-43-40(30-34)38-21-10-12-23-42(38)53(43)37-20-14-19-36(29-37)48-51-46(32-15-6-4-7-16-32)50-47(52-48)33-17-8-5-9-18-33;1-43(2,3)48-38-21-13-11-19-33(38)35-27-31(23-25-39(35)48)30-22-24-37-34(26-30)32-18-10-12-20-36(32)47(37)42-45-40(28-14-6-4-7-15-28)44-41(46-42)29-16-8-5-9-17-29;1-48(2,3)47-38-21-13-11-19-33(38)35-27-31(23-25-39(35)47)30-22-24-37-34(26-30)32-18-10-12-20-36(32)46(37)42-44-40(28-14-6-4-7-15-28)43-41(45-42)29-16-8-5-9-17-29/h4-31H,1-3H3;2*4-27H,1-3H3. The van der Waals surface area contributed by atoms with E-state index in [1.165, 1.54) is 110 Å². The quantitative estimate of drug-likeness (QED) is 0.0971. The molecule has 0 bridgehead atoms. The maximum Gasteiger partial charge on any atom is 0.238 e. The molecule has 0 unspecified atom stereocenters. The first-order valence-corrected chi connectivity index (χ1v) is 54.7. The highest BCUT2D eigenvalue weighted by atomic mass is 28.3. The zero-order chi connectivity index (χ0) is 101. The second-order valence-electron chi connectivity index (χ2n) is 41.6. The van der Waals surface area contributed by atoms with Crippen molar-refractivity contribution in [2.24, 2.45) is 0 Å². The van der Waals surface area contributed by atoms with Crippen LogP contribution in [0, 0.1) is 0 Å². The van der Waals surface area contributed by atoms with Gasteiger partial charge in [0.2, 0.25) is 11.9 Å². The molecule has 0 radical (unpaired) electrons. The normalized spacial score (nSPS) is 12.0. The van der Waals surface area contributed by atoms with Crippen molar-refractivity contribution in [2.75, 3.05) is 0 Å². The topological polar surface area (TPSA) is 146 Å². The van der Waals surface area contributed by atoms with Crippen molar-refractivity contribution < 1.29 is 0 Å². The lowest BCUT2D eigenvalue weighted by Crippen LogP contribution is -2.31. The Morgan fingerprint density at radius 1 is 0.160 bits per heavy atom. The molecule has 150 heavy (non-hydrogen) atoms. The number of benzene rings is 19. The van der Waals surface area contributed by atoms with Crippen LogP contribution < -0.4 is 0 Å². The van der Waals surface area contributed by atoms with E-state index in [4.69, 9.17) is 44.9 Å². The third-order valence-corrected chi connectivity index (χ3v) is 30.7. The molecular weight excluding hydrogens is 1850 g/mol. The minimum Gasteiger partial charge on any atom is -0.368 e. The van der Waals surface area contributed by atoms with Crippen LogP contribution in [-0.2, 0) is 11.1 Å². The molecule has 0 aliphatic heterocycles. The average Bonchev–Trinajstić information content (AvgIpc) is 1.58. The molecule has 9 aromatic heterocycles. The third-order valence-electron chi connectivity index (χ3n) is 28.9. The van der Waals surface area contributed by atoms with Crippen LogP contribution in [0.15, 0.2) is 461 Å². The van der Waals surface area contributed by atoms with Gasteiger partial charge >= 0.3 is 0 Å². The molecule has 0 saturated heterocycles. The smallest absolute Gasteiger partial charge is 0.238 e. The predicted molar refractivity (Wildman–Crippen MR) is 625 cm³/mol. The first-order chi connectivity index (χ1) is 73.3. The molecule has 19 aromatic carbocycles. The minimum atomic E-state index is -1.66. The summed E-state index contributed by atoms with van der Waals surface area (Å²) in [4.78, 5) is 45.1. The van der Waals surface area contributed by atoms with Gasteiger partial charge in [-0.1, -0.05) is 359 Å². The summed E-state index contributed by atoms with van der Waals surface area (Å²) in [7, 11) is -1.66. The summed E-state index contributed by atoms with van der Waals surface area (Å²) >= 11 is 0.